The number of amides is 1. The van der Waals surface area contributed by atoms with Crippen molar-refractivity contribution in [3.8, 4) is 0 Å². The predicted molar refractivity (Wildman–Crippen MR) is 78.9 cm³/mol. The SMILES string of the molecule is CC[C@@H](N)C(=O)N1CCC([C@@H](O)c2ccc(F)cc2)CC1. The topological polar surface area (TPSA) is 66.6 Å². The van der Waals surface area contributed by atoms with E-state index in [9.17, 15) is 14.3 Å². The Labute approximate surface area is 124 Å². The van der Waals surface area contributed by atoms with Crippen LogP contribution in [-0.2, 0) is 4.79 Å². The van der Waals surface area contributed by atoms with Crippen molar-refractivity contribution in [3.05, 3.63) is 35.6 Å². The van der Waals surface area contributed by atoms with Crippen LogP contribution >= 0.6 is 0 Å². The van der Waals surface area contributed by atoms with Crippen LogP contribution < -0.4 is 5.73 Å². The highest BCUT2D eigenvalue weighted by molar-refractivity contribution is 5.81. The molecule has 0 radical (unpaired) electrons. The Balaban J connectivity index is 1.91. The maximum Gasteiger partial charge on any atom is 0.239 e. The molecule has 2 atom stereocenters. The van der Waals surface area contributed by atoms with Crippen LogP contribution in [0.25, 0.3) is 0 Å². The minimum atomic E-state index is -0.609. The molecular weight excluding hydrogens is 271 g/mol. The lowest BCUT2D eigenvalue weighted by molar-refractivity contribution is -0.134. The van der Waals surface area contributed by atoms with Gasteiger partial charge in [-0.05, 0) is 42.9 Å². The van der Waals surface area contributed by atoms with Crippen LogP contribution in [0.4, 0.5) is 4.39 Å². The first-order valence-corrected chi connectivity index (χ1v) is 7.50. The van der Waals surface area contributed by atoms with E-state index >= 15 is 0 Å². The van der Waals surface area contributed by atoms with Gasteiger partial charge in [-0.2, -0.15) is 0 Å². The highest BCUT2D eigenvalue weighted by atomic mass is 19.1. The lowest BCUT2D eigenvalue weighted by atomic mass is 9.87. The third-order valence-electron chi connectivity index (χ3n) is 4.27. The Hall–Kier alpha value is -1.46. The van der Waals surface area contributed by atoms with E-state index in [1.165, 1.54) is 12.1 Å². The number of hydrogen-bond acceptors (Lipinski definition) is 3. The van der Waals surface area contributed by atoms with Crippen LogP contribution in [0.15, 0.2) is 24.3 Å². The highest BCUT2D eigenvalue weighted by Crippen LogP contribution is 2.30. The van der Waals surface area contributed by atoms with Gasteiger partial charge in [-0.15, -0.1) is 0 Å². The molecular formula is C16H23FN2O2. The fraction of sp³-hybridized carbons (Fsp3) is 0.562. The molecule has 1 aromatic carbocycles. The van der Waals surface area contributed by atoms with Gasteiger partial charge >= 0.3 is 0 Å². The Morgan fingerprint density at radius 2 is 1.95 bits per heavy atom. The predicted octanol–water partition coefficient (Wildman–Crippen LogP) is 1.83. The van der Waals surface area contributed by atoms with Gasteiger partial charge in [-0.3, -0.25) is 4.79 Å². The molecule has 1 amide bonds. The Morgan fingerprint density at radius 1 is 1.38 bits per heavy atom. The van der Waals surface area contributed by atoms with E-state index in [0.717, 1.165) is 18.4 Å². The largest absolute Gasteiger partial charge is 0.388 e. The summed E-state index contributed by atoms with van der Waals surface area (Å²) in [5.41, 5.74) is 6.50. The van der Waals surface area contributed by atoms with Gasteiger partial charge < -0.3 is 15.7 Å². The maximum atomic E-state index is 12.9. The third-order valence-corrected chi connectivity index (χ3v) is 4.27. The van der Waals surface area contributed by atoms with E-state index in [1.54, 1.807) is 17.0 Å². The van der Waals surface area contributed by atoms with Crippen LogP contribution in [0.2, 0.25) is 0 Å². The first-order valence-electron chi connectivity index (χ1n) is 7.50. The number of aliphatic hydroxyl groups excluding tert-OH is 1. The van der Waals surface area contributed by atoms with Crippen molar-refractivity contribution in [2.75, 3.05) is 13.1 Å². The molecule has 1 aliphatic rings. The molecule has 1 heterocycles. The number of rotatable bonds is 4. The molecule has 1 aliphatic heterocycles. The molecule has 0 bridgehead atoms. The lowest BCUT2D eigenvalue weighted by Crippen LogP contribution is -2.47. The molecule has 4 nitrogen and oxygen atoms in total. The summed E-state index contributed by atoms with van der Waals surface area (Å²) < 4.78 is 12.9. The molecule has 5 heteroatoms. The standard InChI is InChI=1S/C16H23FN2O2/c1-2-14(18)16(21)19-9-7-12(8-10-19)15(20)11-3-5-13(17)6-4-11/h3-6,12,14-15,20H,2,7-10,18H2,1H3/t14-,15+/m1/s1. The lowest BCUT2D eigenvalue weighted by Gasteiger charge is -2.35. The average Bonchev–Trinajstić information content (AvgIpc) is 2.53. The number of benzene rings is 1. The van der Waals surface area contributed by atoms with Crippen molar-refractivity contribution in [1.82, 2.24) is 4.90 Å². The van der Waals surface area contributed by atoms with Crippen LogP contribution in [-0.4, -0.2) is 35.0 Å². The quantitative estimate of drug-likeness (QED) is 0.890. The van der Waals surface area contributed by atoms with Crippen molar-refractivity contribution < 1.29 is 14.3 Å². The molecule has 1 fully saturated rings. The fourth-order valence-corrected chi connectivity index (χ4v) is 2.78. The van der Waals surface area contributed by atoms with E-state index in [1.807, 2.05) is 6.92 Å². The zero-order valence-electron chi connectivity index (χ0n) is 12.3. The van der Waals surface area contributed by atoms with Gasteiger partial charge in [-0.1, -0.05) is 19.1 Å². The number of carbonyl (C=O) groups excluding carboxylic acids is 1. The Kier molecular flexibility index (Phi) is 5.31. The summed E-state index contributed by atoms with van der Waals surface area (Å²) in [6, 6.07) is 5.52. The molecule has 0 aliphatic carbocycles. The number of aliphatic hydroxyl groups is 1. The Bertz CT molecular complexity index is 470. The molecule has 21 heavy (non-hydrogen) atoms. The van der Waals surface area contributed by atoms with E-state index in [2.05, 4.69) is 0 Å². The molecule has 0 aromatic heterocycles. The smallest absolute Gasteiger partial charge is 0.239 e. The second-order valence-electron chi connectivity index (χ2n) is 5.67. The molecule has 1 saturated heterocycles. The van der Waals surface area contributed by atoms with Gasteiger partial charge in [0.1, 0.15) is 5.82 Å². The molecule has 3 N–H and O–H groups in total. The number of halogens is 1. The third kappa shape index (κ3) is 3.80. The van der Waals surface area contributed by atoms with Gasteiger partial charge in [-0.25, -0.2) is 4.39 Å². The Morgan fingerprint density at radius 3 is 2.48 bits per heavy atom. The van der Waals surface area contributed by atoms with Crippen LogP contribution in [0.3, 0.4) is 0 Å². The van der Waals surface area contributed by atoms with Crippen LogP contribution in [0.1, 0.15) is 37.9 Å². The number of piperidine rings is 1. The number of carbonyl (C=O) groups is 1. The summed E-state index contributed by atoms with van der Waals surface area (Å²) in [4.78, 5) is 13.8. The monoisotopic (exact) mass is 294 g/mol. The second-order valence-corrected chi connectivity index (χ2v) is 5.67. The number of likely N-dealkylation sites (tertiary alicyclic amines) is 1. The van der Waals surface area contributed by atoms with Crippen molar-refractivity contribution in [3.63, 3.8) is 0 Å². The van der Waals surface area contributed by atoms with E-state index in [4.69, 9.17) is 5.73 Å². The van der Waals surface area contributed by atoms with Crippen molar-refractivity contribution in [2.24, 2.45) is 11.7 Å². The molecule has 0 unspecified atom stereocenters. The molecule has 1 aromatic rings. The van der Waals surface area contributed by atoms with E-state index < -0.39 is 12.1 Å². The summed E-state index contributed by atoms with van der Waals surface area (Å²) in [5, 5.41) is 10.4. The summed E-state index contributed by atoms with van der Waals surface area (Å²) in [7, 11) is 0. The molecule has 116 valence electrons. The van der Waals surface area contributed by atoms with E-state index in [-0.39, 0.29) is 17.6 Å². The number of hydrogen-bond donors (Lipinski definition) is 2. The number of nitrogens with two attached hydrogens (primary N) is 1. The van der Waals surface area contributed by atoms with Crippen molar-refractivity contribution in [2.45, 2.75) is 38.3 Å². The van der Waals surface area contributed by atoms with Gasteiger partial charge in [0.15, 0.2) is 0 Å². The highest BCUT2D eigenvalue weighted by Gasteiger charge is 2.29. The first-order chi connectivity index (χ1) is 10.0. The van der Waals surface area contributed by atoms with Gasteiger partial charge in [0.2, 0.25) is 5.91 Å². The zero-order chi connectivity index (χ0) is 15.4. The van der Waals surface area contributed by atoms with Gasteiger partial charge in [0, 0.05) is 13.1 Å². The minimum Gasteiger partial charge on any atom is -0.388 e. The number of nitrogens with zero attached hydrogens (tertiary/aromatic N) is 1. The minimum absolute atomic E-state index is 0.00720. The average molecular weight is 294 g/mol. The normalized spacial score (nSPS) is 19.3. The van der Waals surface area contributed by atoms with E-state index in [0.29, 0.717) is 19.5 Å². The van der Waals surface area contributed by atoms with Crippen molar-refractivity contribution in [1.29, 1.82) is 0 Å². The summed E-state index contributed by atoms with van der Waals surface area (Å²) in [5.74, 6) is -0.218. The molecule has 0 spiro atoms. The van der Waals surface area contributed by atoms with Crippen molar-refractivity contribution >= 4 is 5.91 Å². The fourth-order valence-electron chi connectivity index (χ4n) is 2.78. The molecule has 2 rings (SSSR count). The summed E-state index contributed by atoms with van der Waals surface area (Å²) >= 11 is 0. The van der Waals surface area contributed by atoms with Crippen LogP contribution in [0, 0.1) is 11.7 Å². The molecule has 0 saturated carbocycles. The zero-order valence-corrected chi connectivity index (χ0v) is 12.3. The second kappa shape index (κ2) is 7.00. The summed E-state index contributed by atoms with van der Waals surface area (Å²) in [6.45, 7) is 3.14. The van der Waals surface area contributed by atoms with Gasteiger partial charge in [0.05, 0.1) is 12.1 Å². The summed E-state index contributed by atoms with van der Waals surface area (Å²) in [6.07, 6.45) is 1.50. The first kappa shape index (κ1) is 15.9. The van der Waals surface area contributed by atoms with Gasteiger partial charge in [0.25, 0.3) is 0 Å². The maximum absolute atomic E-state index is 12.9. The van der Waals surface area contributed by atoms with Crippen LogP contribution in [0.5, 0.6) is 0 Å².